The molecule has 3 aromatic carbocycles. The molecule has 0 fully saturated rings. The highest BCUT2D eigenvalue weighted by Gasteiger charge is 2.30. The van der Waals surface area contributed by atoms with E-state index in [0.29, 0.717) is 39.2 Å². The van der Waals surface area contributed by atoms with Crippen molar-refractivity contribution in [3.8, 4) is 22.3 Å². The largest absolute Gasteiger partial charge is 0.481 e. The summed E-state index contributed by atoms with van der Waals surface area (Å²) in [7, 11) is 0. The lowest BCUT2D eigenvalue weighted by molar-refractivity contribution is -0.139. The number of rotatable bonds is 17. The normalized spacial score (nSPS) is 12.3. The standard InChI is InChI=1S/C40H45FN2O9/c1-5-51-39(49)28-18-25(19-29(20-28)40(50)52-6-2)23-42-38(48)37-36(26-10-8-7-9-11-26)35(27-12-14-30(41)15-13-27)33(43(37)24(3)4)17-16-31(44)21-32(45)22-34(46)47/h7-15,18-20,24,31-32,44-45H,5-6,16-17,21-23H2,1-4H3,(H,42,48)(H,46,47). The minimum atomic E-state index is -1.24. The number of carbonyl (C=O) groups excluding carboxylic acids is 3. The molecule has 0 spiro atoms. The quantitative estimate of drug-likeness (QED) is 0.0913. The number of carboxylic acid groups (broad SMARTS) is 1. The van der Waals surface area contributed by atoms with Gasteiger partial charge in [0.05, 0.1) is 43.0 Å². The number of benzene rings is 3. The van der Waals surface area contributed by atoms with Crippen LogP contribution in [-0.4, -0.2) is 69.1 Å². The summed E-state index contributed by atoms with van der Waals surface area (Å²) in [4.78, 5) is 50.9. The SMILES string of the molecule is CCOC(=O)c1cc(CNC(=O)c2c(-c3ccccc3)c(-c3ccc(F)cc3)c(CCC(O)CC(O)CC(=O)O)n2C(C)C)cc(C(=O)OCC)c1. The fraction of sp³-hybridized carbons (Fsp3) is 0.350. The summed E-state index contributed by atoms with van der Waals surface area (Å²) in [6, 6.07) is 19.3. The molecule has 1 aromatic heterocycles. The van der Waals surface area contributed by atoms with Crippen molar-refractivity contribution in [2.75, 3.05) is 13.2 Å². The van der Waals surface area contributed by atoms with E-state index in [4.69, 9.17) is 14.6 Å². The van der Waals surface area contributed by atoms with Crippen molar-refractivity contribution in [3.63, 3.8) is 0 Å². The first-order valence-electron chi connectivity index (χ1n) is 17.3. The first-order valence-corrected chi connectivity index (χ1v) is 17.3. The van der Waals surface area contributed by atoms with E-state index >= 15 is 0 Å². The highest BCUT2D eigenvalue weighted by molar-refractivity contribution is 6.05. The maximum absolute atomic E-state index is 14.5. The molecule has 0 aliphatic rings. The number of aromatic nitrogens is 1. The number of halogens is 1. The molecule has 0 saturated carbocycles. The molecule has 0 saturated heterocycles. The molecule has 1 amide bonds. The van der Waals surface area contributed by atoms with Crippen molar-refractivity contribution >= 4 is 23.8 Å². The van der Waals surface area contributed by atoms with E-state index in [1.165, 1.54) is 30.3 Å². The summed E-state index contributed by atoms with van der Waals surface area (Å²) in [5, 5.41) is 33.1. The predicted molar refractivity (Wildman–Crippen MR) is 192 cm³/mol. The van der Waals surface area contributed by atoms with Crippen molar-refractivity contribution in [2.45, 2.75) is 78.2 Å². The number of carbonyl (C=O) groups is 4. The highest BCUT2D eigenvalue weighted by atomic mass is 19.1. The van der Waals surface area contributed by atoms with Crippen molar-refractivity contribution in [3.05, 3.63) is 107 Å². The van der Waals surface area contributed by atoms with E-state index in [1.54, 1.807) is 26.0 Å². The third-order valence-electron chi connectivity index (χ3n) is 8.37. The molecule has 2 unspecified atom stereocenters. The van der Waals surface area contributed by atoms with E-state index in [-0.39, 0.29) is 56.2 Å². The number of nitrogens with one attached hydrogen (secondary N) is 1. The third kappa shape index (κ3) is 9.92. The average Bonchev–Trinajstić information content (AvgIpc) is 3.45. The molecule has 11 nitrogen and oxygen atoms in total. The monoisotopic (exact) mass is 716 g/mol. The molecule has 4 rings (SSSR count). The lowest BCUT2D eigenvalue weighted by Crippen LogP contribution is -2.27. The van der Waals surface area contributed by atoms with Gasteiger partial charge in [0.2, 0.25) is 0 Å². The first kappa shape index (κ1) is 39.5. The van der Waals surface area contributed by atoms with E-state index in [1.807, 2.05) is 48.7 Å². The molecular formula is C40H45FN2O9. The number of aliphatic hydroxyl groups excluding tert-OH is 2. The molecule has 0 radical (unpaired) electrons. The van der Waals surface area contributed by atoms with Gasteiger partial charge in [-0.05, 0) is 94.0 Å². The van der Waals surface area contributed by atoms with Crippen LogP contribution in [0.5, 0.6) is 0 Å². The summed E-state index contributed by atoms with van der Waals surface area (Å²) >= 11 is 0. The minimum absolute atomic E-state index is 0.0720. The molecule has 52 heavy (non-hydrogen) atoms. The maximum atomic E-state index is 14.5. The van der Waals surface area contributed by atoms with Gasteiger partial charge < -0.3 is 34.7 Å². The smallest absolute Gasteiger partial charge is 0.338 e. The Kier molecular flexibility index (Phi) is 13.8. The number of carboxylic acids is 1. The van der Waals surface area contributed by atoms with Gasteiger partial charge in [-0.3, -0.25) is 9.59 Å². The fourth-order valence-corrected chi connectivity index (χ4v) is 6.24. The summed E-state index contributed by atoms with van der Waals surface area (Å²) < 4.78 is 26.4. The number of nitrogens with zero attached hydrogens (tertiary/aromatic N) is 1. The Bertz CT molecular complexity index is 1830. The van der Waals surface area contributed by atoms with Crippen molar-refractivity contribution in [1.82, 2.24) is 9.88 Å². The van der Waals surface area contributed by atoms with Gasteiger partial charge in [-0.15, -0.1) is 0 Å². The number of amides is 1. The Hall–Kier alpha value is -5.33. The van der Waals surface area contributed by atoms with Gasteiger partial charge in [0, 0.05) is 29.4 Å². The zero-order chi connectivity index (χ0) is 37.9. The second-order valence-corrected chi connectivity index (χ2v) is 12.6. The third-order valence-corrected chi connectivity index (χ3v) is 8.37. The van der Waals surface area contributed by atoms with Crippen LogP contribution >= 0.6 is 0 Å². The van der Waals surface area contributed by atoms with Gasteiger partial charge in [-0.1, -0.05) is 42.5 Å². The van der Waals surface area contributed by atoms with Crippen LogP contribution in [0.1, 0.15) is 95.5 Å². The summed E-state index contributed by atoms with van der Waals surface area (Å²) in [5.41, 5.74) is 4.23. The van der Waals surface area contributed by atoms with Crippen molar-refractivity contribution < 1.29 is 48.4 Å². The highest BCUT2D eigenvalue weighted by Crippen LogP contribution is 2.42. The maximum Gasteiger partial charge on any atom is 0.338 e. The van der Waals surface area contributed by atoms with Crippen LogP contribution in [0, 0.1) is 5.82 Å². The molecule has 0 bridgehead atoms. The molecule has 4 N–H and O–H groups in total. The van der Waals surface area contributed by atoms with E-state index in [2.05, 4.69) is 5.32 Å². The summed E-state index contributed by atoms with van der Waals surface area (Å²) in [6.07, 6.45) is -2.60. The summed E-state index contributed by atoms with van der Waals surface area (Å²) in [6.45, 7) is 7.33. The molecule has 0 aliphatic carbocycles. The Morgan fingerprint density at radius 3 is 1.92 bits per heavy atom. The second-order valence-electron chi connectivity index (χ2n) is 12.6. The van der Waals surface area contributed by atoms with Crippen LogP contribution in [0.15, 0.2) is 72.8 Å². The van der Waals surface area contributed by atoms with Crippen molar-refractivity contribution in [1.29, 1.82) is 0 Å². The molecule has 276 valence electrons. The number of esters is 2. The van der Waals surface area contributed by atoms with Crippen LogP contribution in [0.3, 0.4) is 0 Å². The zero-order valence-electron chi connectivity index (χ0n) is 29.7. The number of hydrogen-bond acceptors (Lipinski definition) is 8. The first-order chi connectivity index (χ1) is 24.8. The van der Waals surface area contributed by atoms with Crippen LogP contribution in [0.4, 0.5) is 4.39 Å². The average molecular weight is 717 g/mol. The number of ether oxygens (including phenoxy) is 2. The Balaban J connectivity index is 1.84. The molecule has 2 atom stereocenters. The lowest BCUT2D eigenvalue weighted by atomic mass is 9.92. The Labute approximate surface area is 302 Å². The van der Waals surface area contributed by atoms with E-state index < -0.39 is 48.3 Å². The molecular weight excluding hydrogens is 671 g/mol. The van der Waals surface area contributed by atoms with Gasteiger partial charge in [-0.25, -0.2) is 14.0 Å². The molecule has 1 heterocycles. The fourth-order valence-electron chi connectivity index (χ4n) is 6.24. The van der Waals surface area contributed by atoms with Gasteiger partial charge in [-0.2, -0.15) is 0 Å². The van der Waals surface area contributed by atoms with E-state index in [0.717, 1.165) is 0 Å². The minimum Gasteiger partial charge on any atom is -0.481 e. The van der Waals surface area contributed by atoms with Gasteiger partial charge in [0.1, 0.15) is 11.5 Å². The Morgan fingerprint density at radius 1 is 0.808 bits per heavy atom. The van der Waals surface area contributed by atoms with Crippen LogP contribution in [0.2, 0.25) is 0 Å². The van der Waals surface area contributed by atoms with Crippen LogP contribution < -0.4 is 5.32 Å². The van der Waals surface area contributed by atoms with E-state index in [9.17, 15) is 33.8 Å². The summed E-state index contributed by atoms with van der Waals surface area (Å²) in [5.74, 6) is -3.36. The van der Waals surface area contributed by atoms with Gasteiger partial charge in [0.15, 0.2) is 0 Å². The van der Waals surface area contributed by atoms with Gasteiger partial charge >= 0.3 is 17.9 Å². The number of aliphatic hydroxyl groups is 2. The topological polar surface area (TPSA) is 164 Å². The van der Waals surface area contributed by atoms with Crippen molar-refractivity contribution in [2.24, 2.45) is 0 Å². The zero-order valence-corrected chi connectivity index (χ0v) is 29.7. The lowest BCUT2D eigenvalue weighted by Gasteiger charge is -2.20. The number of aliphatic carboxylic acids is 1. The Morgan fingerprint density at radius 2 is 1.38 bits per heavy atom. The van der Waals surface area contributed by atoms with Crippen LogP contribution in [0.25, 0.3) is 22.3 Å². The number of hydrogen-bond donors (Lipinski definition) is 4. The molecule has 4 aromatic rings. The van der Waals surface area contributed by atoms with Crippen LogP contribution in [-0.2, 0) is 27.2 Å². The van der Waals surface area contributed by atoms with Gasteiger partial charge in [0.25, 0.3) is 5.91 Å². The molecule has 0 aliphatic heterocycles. The molecule has 12 heteroatoms. The second kappa shape index (κ2) is 18.2. The predicted octanol–water partition coefficient (Wildman–Crippen LogP) is 6.34.